The number of aromatic amines is 1. The summed E-state index contributed by atoms with van der Waals surface area (Å²) in [6, 6.07) is 11.1. The van der Waals surface area contributed by atoms with E-state index < -0.39 is 0 Å². The average molecular weight is 597 g/mol. The smallest absolute Gasteiger partial charge is 0.254 e. The molecule has 0 fully saturated rings. The first kappa shape index (κ1) is 28.6. The summed E-state index contributed by atoms with van der Waals surface area (Å²) in [5.41, 5.74) is 18.1. The van der Waals surface area contributed by atoms with E-state index in [9.17, 15) is 14.7 Å². The van der Waals surface area contributed by atoms with Crippen LogP contribution >= 0.6 is 0 Å². The highest BCUT2D eigenvalue weighted by molar-refractivity contribution is 5.98. The van der Waals surface area contributed by atoms with Crippen LogP contribution in [0.5, 0.6) is 5.75 Å². The Morgan fingerprint density at radius 1 is 1.09 bits per heavy atom. The van der Waals surface area contributed by atoms with Crippen LogP contribution in [0.15, 0.2) is 55.1 Å². The molecule has 1 aliphatic rings. The van der Waals surface area contributed by atoms with Gasteiger partial charge in [-0.1, -0.05) is 18.2 Å². The highest BCUT2D eigenvalue weighted by atomic mass is 16.5. The summed E-state index contributed by atoms with van der Waals surface area (Å²) in [7, 11) is 0. The van der Waals surface area contributed by atoms with E-state index in [1.807, 2.05) is 11.0 Å². The number of hydrogen-bond acceptors (Lipinski definition) is 10. The van der Waals surface area contributed by atoms with Gasteiger partial charge in [0.2, 0.25) is 5.91 Å². The van der Waals surface area contributed by atoms with Gasteiger partial charge in [0.25, 0.3) is 5.91 Å². The summed E-state index contributed by atoms with van der Waals surface area (Å²) < 4.78 is 7.34. The second kappa shape index (κ2) is 12.4. The number of carbonyl (C=O) groups excluding carboxylic acids is 2. The van der Waals surface area contributed by atoms with Gasteiger partial charge in [0, 0.05) is 31.4 Å². The van der Waals surface area contributed by atoms with Gasteiger partial charge in [-0.05, 0) is 41.3 Å². The predicted octanol–water partition coefficient (Wildman–Crippen LogP) is 1.86. The number of phenolic OH excluding ortho intramolecular Hbond substituents is 1. The standard InChI is InChI=1S/C30H32N10O4/c31-23-12-20(3-4-24(23)41)27-26-28(32)34-17-35-29(26)40(38-27)15-18-1-2-21-16-39(8-5-19(21)11-18)25(42)6-9-44-10-7-33-30(43)22-13-36-37-14-22/h1-4,11-14,17,41H,5-10,15-16,31H2,(H,33,43)(H,36,37)(H2,32,34,35). The first-order chi connectivity index (χ1) is 21.4. The van der Waals surface area contributed by atoms with Crippen molar-refractivity contribution in [2.24, 2.45) is 0 Å². The normalized spacial score (nSPS) is 12.8. The zero-order chi connectivity index (χ0) is 30.6. The number of benzene rings is 2. The molecule has 44 heavy (non-hydrogen) atoms. The number of nitrogen functional groups attached to an aromatic ring is 2. The van der Waals surface area contributed by atoms with E-state index in [1.54, 1.807) is 16.8 Å². The Hall–Kier alpha value is -5.50. The van der Waals surface area contributed by atoms with Crippen molar-refractivity contribution >= 4 is 34.4 Å². The van der Waals surface area contributed by atoms with E-state index in [2.05, 4.69) is 37.6 Å². The van der Waals surface area contributed by atoms with Gasteiger partial charge in [0.05, 0.1) is 49.0 Å². The van der Waals surface area contributed by atoms with Crippen molar-refractivity contribution in [1.82, 2.24) is 40.2 Å². The van der Waals surface area contributed by atoms with E-state index in [0.717, 1.165) is 17.5 Å². The number of hydrogen-bond donors (Lipinski definition) is 5. The Bertz CT molecular complexity index is 1820. The summed E-state index contributed by atoms with van der Waals surface area (Å²) in [5.74, 6) is 0.105. The van der Waals surface area contributed by atoms with Gasteiger partial charge in [0.1, 0.15) is 23.6 Å². The lowest BCUT2D eigenvalue weighted by Crippen LogP contribution is -2.36. The maximum atomic E-state index is 12.8. The number of nitrogens with two attached hydrogens (primary N) is 2. The van der Waals surface area contributed by atoms with Crippen molar-refractivity contribution in [3.05, 3.63) is 77.4 Å². The highest BCUT2D eigenvalue weighted by Crippen LogP contribution is 2.33. The zero-order valence-corrected chi connectivity index (χ0v) is 23.9. The van der Waals surface area contributed by atoms with Crippen molar-refractivity contribution in [3.63, 3.8) is 0 Å². The molecule has 1 aliphatic heterocycles. The van der Waals surface area contributed by atoms with Crippen LogP contribution in [0.25, 0.3) is 22.3 Å². The fourth-order valence-electron chi connectivity index (χ4n) is 5.27. The number of nitrogens with zero attached hydrogens (tertiary/aromatic N) is 6. The molecule has 0 spiro atoms. The van der Waals surface area contributed by atoms with Crippen molar-refractivity contribution in [3.8, 4) is 17.0 Å². The molecule has 0 saturated heterocycles. The second-order valence-corrected chi connectivity index (χ2v) is 10.5. The van der Waals surface area contributed by atoms with E-state index in [1.165, 1.54) is 30.4 Å². The van der Waals surface area contributed by atoms with Gasteiger partial charge in [-0.3, -0.25) is 14.7 Å². The number of nitrogens with one attached hydrogen (secondary N) is 2. The molecule has 0 radical (unpaired) electrons. The molecule has 2 aromatic carbocycles. The number of ether oxygens (including phenoxy) is 1. The predicted molar refractivity (Wildman–Crippen MR) is 162 cm³/mol. The molecule has 0 aliphatic carbocycles. The van der Waals surface area contributed by atoms with Crippen molar-refractivity contribution in [2.45, 2.75) is 25.9 Å². The third kappa shape index (κ3) is 6.01. The second-order valence-electron chi connectivity index (χ2n) is 10.5. The molecule has 14 heteroatoms. The molecule has 5 aromatic rings. The van der Waals surface area contributed by atoms with Crippen LogP contribution in [0.4, 0.5) is 11.5 Å². The Kier molecular flexibility index (Phi) is 8.06. The lowest BCUT2D eigenvalue weighted by atomic mass is 9.97. The molecule has 0 atom stereocenters. The van der Waals surface area contributed by atoms with E-state index in [-0.39, 0.29) is 36.3 Å². The molecular weight excluding hydrogens is 564 g/mol. The molecular formula is C30H32N10O4. The lowest BCUT2D eigenvalue weighted by molar-refractivity contribution is -0.133. The van der Waals surface area contributed by atoms with Crippen LogP contribution in [-0.2, 0) is 29.0 Å². The van der Waals surface area contributed by atoms with Crippen LogP contribution in [0.1, 0.15) is 33.5 Å². The average Bonchev–Trinajstić information content (AvgIpc) is 3.70. The van der Waals surface area contributed by atoms with Crippen LogP contribution in [0.3, 0.4) is 0 Å². The monoisotopic (exact) mass is 596 g/mol. The fraction of sp³-hybridized carbons (Fsp3) is 0.267. The number of amides is 2. The van der Waals surface area contributed by atoms with Crippen LogP contribution in [0, 0.1) is 0 Å². The van der Waals surface area contributed by atoms with Crippen molar-refractivity contribution in [1.29, 1.82) is 0 Å². The van der Waals surface area contributed by atoms with Gasteiger partial charge in [-0.2, -0.15) is 10.2 Å². The summed E-state index contributed by atoms with van der Waals surface area (Å²) in [5, 5.41) is 24.4. The van der Waals surface area contributed by atoms with Crippen LogP contribution in [-0.4, -0.2) is 78.1 Å². The first-order valence-corrected chi connectivity index (χ1v) is 14.2. The number of fused-ring (bicyclic) bond motifs is 2. The maximum Gasteiger partial charge on any atom is 0.254 e. The molecule has 226 valence electrons. The van der Waals surface area contributed by atoms with Gasteiger partial charge >= 0.3 is 0 Å². The van der Waals surface area contributed by atoms with Crippen LogP contribution in [0.2, 0.25) is 0 Å². The molecule has 0 saturated carbocycles. The van der Waals surface area contributed by atoms with Gasteiger partial charge < -0.3 is 31.5 Å². The minimum atomic E-state index is -0.227. The SMILES string of the molecule is Nc1cc(-c2nn(Cc3ccc4c(c3)CCN(C(=O)CCOCCNC(=O)c3cn[nH]c3)C4)c3ncnc(N)c23)ccc1O. The lowest BCUT2D eigenvalue weighted by Gasteiger charge is -2.29. The van der Waals surface area contributed by atoms with Gasteiger partial charge in [-0.25, -0.2) is 14.6 Å². The minimum absolute atomic E-state index is 0.00578. The fourth-order valence-corrected chi connectivity index (χ4v) is 5.27. The minimum Gasteiger partial charge on any atom is -0.506 e. The van der Waals surface area contributed by atoms with Crippen LogP contribution < -0.4 is 16.8 Å². The van der Waals surface area contributed by atoms with E-state index >= 15 is 0 Å². The number of rotatable bonds is 10. The largest absolute Gasteiger partial charge is 0.506 e. The van der Waals surface area contributed by atoms with Crippen molar-refractivity contribution in [2.75, 3.05) is 37.8 Å². The highest BCUT2D eigenvalue weighted by Gasteiger charge is 2.22. The van der Waals surface area contributed by atoms with E-state index in [0.29, 0.717) is 66.5 Å². The van der Waals surface area contributed by atoms with Gasteiger partial charge in [-0.15, -0.1) is 0 Å². The quantitative estimate of drug-likeness (QED) is 0.0899. The third-order valence-corrected chi connectivity index (χ3v) is 7.58. The first-order valence-electron chi connectivity index (χ1n) is 14.2. The molecule has 3 aromatic heterocycles. The molecule has 14 nitrogen and oxygen atoms in total. The number of aromatic nitrogens is 6. The number of phenols is 1. The Morgan fingerprint density at radius 2 is 1.98 bits per heavy atom. The van der Waals surface area contributed by atoms with E-state index in [4.69, 9.17) is 21.3 Å². The Labute approximate surface area is 252 Å². The molecule has 6 rings (SSSR count). The Morgan fingerprint density at radius 3 is 2.80 bits per heavy atom. The zero-order valence-electron chi connectivity index (χ0n) is 23.9. The topological polar surface area (TPSA) is 203 Å². The summed E-state index contributed by atoms with van der Waals surface area (Å²) in [4.78, 5) is 35.2. The molecule has 0 unspecified atom stereocenters. The third-order valence-electron chi connectivity index (χ3n) is 7.58. The molecule has 4 heterocycles. The summed E-state index contributed by atoms with van der Waals surface area (Å²) in [6.45, 7) is 2.56. The number of aromatic hydroxyl groups is 1. The number of carbonyl (C=O) groups is 2. The summed E-state index contributed by atoms with van der Waals surface area (Å²) in [6.07, 6.45) is 5.40. The molecule has 7 N–H and O–H groups in total. The molecule has 2 amide bonds. The van der Waals surface area contributed by atoms with Crippen molar-refractivity contribution < 1.29 is 19.4 Å². The van der Waals surface area contributed by atoms with Gasteiger partial charge in [0.15, 0.2) is 5.65 Å². The summed E-state index contributed by atoms with van der Waals surface area (Å²) >= 11 is 0. The Balaban J connectivity index is 1.06. The maximum absolute atomic E-state index is 12.8. The number of H-pyrrole nitrogens is 1. The number of anilines is 2. The molecule has 0 bridgehead atoms.